The molecule has 0 aliphatic heterocycles. The molecule has 0 fully saturated rings. The van der Waals surface area contributed by atoms with Crippen molar-refractivity contribution >= 4 is 0 Å². The monoisotopic (exact) mass is 355 g/mol. The smallest absolute Gasteiger partial charge is 0.127 e. The van der Waals surface area contributed by atoms with Gasteiger partial charge < -0.3 is 44.2 Å². The van der Waals surface area contributed by atoms with Crippen LogP contribution in [0.25, 0.3) is 0 Å². The van der Waals surface area contributed by atoms with Crippen molar-refractivity contribution in [2.45, 2.75) is 0 Å². The van der Waals surface area contributed by atoms with Gasteiger partial charge in [-0.05, 0) is 7.05 Å². The van der Waals surface area contributed by atoms with Crippen LogP contribution < -0.4 is 44.2 Å². The molecule has 0 aromatic rings. The molecule has 9 nitrogen and oxygen atoms in total. The van der Waals surface area contributed by atoms with E-state index in [0.717, 1.165) is 78.5 Å². The fourth-order valence-electron chi connectivity index (χ4n) is 1.89. The zero-order chi connectivity index (χ0) is 19.2. The molecule has 0 rings (SSSR count). The first-order valence-electron chi connectivity index (χ1n) is 9.13. The molecule has 0 amide bonds. The van der Waals surface area contributed by atoms with E-state index in [0.29, 0.717) is 0 Å². The molecule has 0 bridgehead atoms. The van der Waals surface area contributed by atoms with Gasteiger partial charge in [0, 0.05) is 39.3 Å². The molecule has 0 spiro atoms. The maximum atomic E-state index is 5.32. The van der Waals surface area contributed by atoms with Crippen LogP contribution in [0, 0.1) is 0 Å². The molecule has 150 valence electrons. The average molecular weight is 356 g/mol. The Labute approximate surface area is 149 Å². The first kappa shape index (κ1) is 28.4. The van der Waals surface area contributed by atoms with Crippen molar-refractivity contribution in [3.8, 4) is 0 Å². The summed E-state index contributed by atoms with van der Waals surface area (Å²) in [5.41, 5.74) is 28.7. The van der Waals surface area contributed by atoms with Crippen molar-refractivity contribution in [2.24, 2.45) is 22.9 Å². The Balaban J connectivity index is -0.000000276. The van der Waals surface area contributed by atoms with Gasteiger partial charge in [-0.1, -0.05) is 0 Å². The Kier molecular flexibility index (Phi) is 29.5. The molecular formula is C15H49N9+4. The predicted molar refractivity (Wildman–Crippen MR) is 102 cm³/mol. The van der Waals surface area contributed by atoms with E-state index >= 15 is 0 Å². The number of rotatable bonds is 12. The summed E-state index contributed by atoms with van der Waals surface area (Å²) >= 11 is 0. The minimum absolute atomic E-state index is 0.747. The Morgan fingerprint density at radius 1 is 0.667 bits per heavy atom. The second-order valence-electron chi connectivity index (χ2n) is 6.08. The van der Waals surface area contributed by atoms with E-state index in [1.807, 2.05) is 0 Å². The summed E-state index contributed by atoms with van der Waals surface area (Å²) < 4.78 is 0. The minimum Gasteiger partial charge on any atom is -0.357 e. The number of hydrogen-bond acceptors (Lipinski definition) is 5. The summed E-state index contributed by atoms with van der Waals surface area (Å²) in [7, 11) is 6.29. The van der Waals surface area contributed by atoms with E-state index in [-0.39, 0.29) is 0 Å². The third-order valence-corrected chi connectivity index (χ3v) is 3.37. The highest BCUT2D eigenvalue weighted by Gasteiger charge is 1.96. The van der Waals surface area contributed by atoms with E-state index in [4.69, 9.17) is 22.9 Å². The van der Waals surface area contributed by atoms with Gasteiger partial charge >= 0.3 is 0 Å². The zero-order valence-corrected chi connectivity index (χ0v) is 16.7. The van der Waals surface area contributed by atoms with Gasteiger partial charge in [0.05, 0.1) is 40.3 Å². The quantitative estimate of drug-likeness (QED) is 0.173. The molecule has 1 unspecified atom stereocenters. The van der Waals surface area contributed by atoms with Crippen molar-refractivity contribution in [1.29, 1.82) is 0 Å². The van der Waals surface area contributed by atoms with E-state index in [1.54, 1.807) is 0 Å². The van der Waals surface area contributed by atoms with Gasteiger partial charge in [-0.3, -0.25) is 4.90 Å². The Morgan fingerprint density at radius 2 is 1.08 bits per heavy atom. The zero-order valence-electron chi connectivity index (χ0n) is 16.7. The molecule has 0 aromatic carbocycles. The van der Waals surface area contributed by atoms with Crippen LogP contribution in [0.15, 0.2) is 0 Å². The number of hydrogen-bond donors (Lipinski definition) is 8. The van der Waals surface area contributed by atoms with Gasteiger partial charge in [0.15, 0.2) is 0 Å². The van der Waals surface area contributed by atoms with Crippen LogP contribution in [0.1, 0.15) is 0 Å². The van der Waals surface area contributed by atoms with Gasteiger partial charge in [0.2, 0.25) is 0 Å². The van der Waals surface area contributed by atoms with Gasteiger partial charge in [-0.15, -0.1) is 0 Å². The molecule has 0 aromatic heterocycles. The van der Waals surface area contributed by atoms with Gasteiger partial charge in [0.1, 0.15) is 13.1 Å². The van der Waals surface area contributed by atoms with E-state index in [9.17, 15) is 0 Å². The fourth-order valence-corrected chi connectivity index (χ4v) is 1.89. The SMILES string of the molecule is CN(CCN)CC[NH3+].C[NH+](CCN)CCN.C[NH+](CCN)CC[NH3+]. The number of nitrogens with two attached hydrogens (primary N) is 4. The highest BCUT2D eigenvalue weighted by Crippen LogP contribution is 1.73. The largest absolute Gasteiger partial charge is 0.357 e. The first-order valence-corrected chi connectivity index (χ1v) is 9.13. The van der Waals surface area contributed by atoms with Gasteiger partial charge in [0.25, 0.3) is 0 Å². The summed E-state index contributed by atoms with van der Waals surface area (Å²) in [5, 5.41) is 0. The van der Waals surface area contributed by atoms with Crippen molar-refractivity contribution in [1.82, 2.24) is 4.90 Å². The lowest BCUT2D eigenvalue weighted by Gasteiger charge is -2.11. The third-order valence-electron chi connectivity index (χ3n) is 3.37. The number of quaternary nitrogens is 4. The van der Waals surface area contributed by atoms with Crippen LogP contribution in [0.5, 0.6) is 0 Å². The lowest BCUT2D eigenvalue weighted by atomic mass is 10.5. The van der Waals surface area contributed by atoms with Crippen LogP contribution in [-0.4, -0.2) is 105 Å². The summed E-state index contributed by atoms with van der Waals surface area (Å²) in [6.07, 6.45) is 0. The molecule has 24 heavy (non-hydrogen) atoms. The second kappa shape index (κ2) is 24.9. The van der Waals surface area contributed by atoms with Gasteiger partial charge in [-0.2, -0.15) is 0 Å². The molecule has 0 heterocycles. The van der Waals surface area contributed by atoms with E-state index in [1.165, 1.54) is 9.80 Å². The highest BCUT2D eigenvalue weighted by atomic mass is 15.1. The lowest BCUT2D eigenvalue weighted by molar-refractivity contribution is -0.883. The van der Waals surface area contributed by atoms with Crippen LogP contribution in [-0.2, 0) is 0 Å². The van der Waals surface area contributed by atoms with E-state index < -0.39 is 0 Å². The molecule has 0 radical (unpaired) electrons. The first-order chi connectivity index (χ1) is 11.4. The molecule has 1 atom stereocenters. The van der Waals surface area contributed by atoms with Crippen molar-refractivity contribution in [3.63, 3.8) is 0 Å². The molecular weight excluding hydrogens is 306 g/mol. The molecule has 0 aliphatic carbocycles. The highest BCUT2D eigenvalue weighted by molar-refractivity contribution is 4.47. The van der Waals surface area contributed by atoms with Crippen molar-refractivity contribution in [2.75, 3.05) is 99.7 Å². The topological polar surface area (TPSA) is 171 Å². The molecule has 0 saturated carbocycles. The fraction of sp³-hybridized carbons (Fsp3) is 1.00. The van der Waals surface area contributed by atoms with Crippen LogP contribution >= 0.6 is 0 Å². The number of likely N-dealkylation sites (N-methyl/N-ethyl adjacent to an activating group) is 3. The maximum Gasteiger partial charge on any atom is 0.127 e. The van der Waals surface area contributed by atoms with Gasteiger partial charge in [-0.25, -0.2) is 0 Å². The molecule has 16 N–H and O–H groups in total. The maximum absolute atomic E-state index is 5.32. The Hall–Kier alpha value is -0.360. The minimum atomic E-state index is 0.747. The third kappa shape index (κ3) is 29.6. The Morgan fingerprint density at radius 3 is 1.38 bits per heavy atom. The summed E-state index contributed by atoms with van der Waals surface area (Å²) in [6.45, 7) is 11.3. The molecule has 9 heteroatoms. The van der Waals surface area contributed by atoms with E-state index in [2.05, 4.69) is 37.5 Å². The summed E-state index contributed by atoms with van der Waals surface area (Å²) in [5.74, 6) is 0. The Bertz CT molecular complexity index is 156. The summed E-state index contributed by atoms with van der Waals surface area (Å²) in [4.78, 5) is 5.06. The van der Waals surface area contributed by atoms with Crippen molar-refractivity contribution in [3.05, 3.63) is 0 Å². The average Bonchev–Trinajstić information content (AvgIpc) is 2.50. The second-order valence-corrected chi connectivity index (χ2v) is 6.08. The van der Waals surface area contributed by atoms with Crippen LogP contribution in [0.4, 0.5) is 0 Å². The number of nitrogens with zero attached hydrogens (tertiary/aromatic N) is 1. The molecule has 0 saturated heterocycles. The van der Waals surface area contributed by atoms with Crippen LogP contribution in [0.2, 0.25) is 0 Å². The lowest BCUT2D eigenvalue weighted by Crippen LogP contribution is -3.11. The number of nitrogens with one attached hydrogen (secondary N) is 2. The standard InChI is InChI=1S/3C5H15N3/c3*1-8(4-2-6)5-3-7/h3*2-7H2,1H3/p+4. The van der Waals surface area contributed by atoms with Crippen LogP contribution in [0.3, 0.4) is 0 Å². The predicted octanol–water partition coefficient (Wildman–Crippen LogP) is -7.76. The summed E-state index contributed by atoms with van der Waals surface area (Å²) in [6, 6.07) is 0. The van der Waals surface area contributed by atoms with Crippen molar-refractivity contribution < 1.29 is 21.3 Å². The normalized spacial score (nSPS) is 11.6. The molecule has 0 aliphatic rings.